The van der Waals surface area contributed by atoms with Crippen molar-refractivity contribution in [3.05, 3.63) is 69.7 Å². The average molecular weight is 439 g/mol. The van der Waals surface area contributed by atoms with Crippen molar-refractivity contribution in [2.24, 2.45) is 0 Å². The molecule has 0 atom stereocenters. The number of nitrogens with one attached hydrogen (secondary N) is 2. The van der Waals surface area contributed by atoms with Gasteiger partial charge in [0.25, 0.3) is 0 Å². The Bertz CT molecular complexity index is 1090. The second-order valence-electron chi connectivity index (χ2n) is 7.41. The Hall–Kier alpha value is -3.25. The number of halogens is 1. The summed E-state index contributed by atoms with van der Waals surface area (Å²) >= 11 is 6.58. The highest BCUT2D eigenvalue weighted by atomic mass is 35.5. The van der Waals surface area contributed by atoms with Crippen LogP contribution in [0.1, 0.15) is 29.2 Å². The van der Waals surface area contributed by atoms with Crippen molar-refractivity contribution in [2.75, 3.05) is 23.0 Å². The van der Waals surface area contributed by atoms with Crippen molar-refractivity contribution in [3.63, 3.8) is 0 Å². The maximum absolute atomic E-state index is 11.5. The molecule has 6 nitrogen and oxygen atoms in total. The fourth-order valence-corrected chi connectivity index (χ4v) is 3.87. The third-order valence-corrected chi connectivity index (χ3v) is 5.27. The summed E-state index contributed by atoms with van der Waals surface area (Å²) in [5.41, 5.74) is 13.3. The number of amides is 1. The number of hydrogen-bond donors (Lipinski definition) is 3. The molecule has 162 valence electrons. The van der Waals surface area contributed by atoms with E-state index in [4.69, 9.17) is 22.1 Å². The summed E-state index contributed by atoms with van der Waals surface area (Å²) < 4.78 is 4.85. The van der Waals surface area contributed by atoms with Crippen LogP contribution in [0.4, 0.5) is 22.1 Å². The fraction of sp³-hybridized carbons (Fsp3) is 0.250. The van der Waals surface area contributed by atoms with E-state index < -0.39 is 6.09 Å². The molecule has 0 aliphatic carbocycles. The monoisotopic (exact) mass is 438 g/mol. The topological polar surface area (TPSA) is 89.3 Å². The minimum Gasteiger partial charge on any atom is -0.450 e. The van der Waals surface area contributed by atoms with Gasteiger partial charge in [0.15, 0.2) is 0 Å². The molecule has 1 heterocycles. The van der Waals surface area contributed by atoms with Crippen LogP contribution in [-0.2, 0) is 11.3 Å². The SMILES string of the molecule is CCOC(=O)Nc1ccc(NCc2ccc(-c3c(C)cc(C)cc3C)cc2Cl)nc1N. The minimum atomic E-state index is -0.567. The van der Waals surface area contributed by atoms with Crippen LogP contribution in [0.5, 0.6) is 0 Å². The van der Waals surface area contributed by atoms with Crippen LogP contribution in [0.2, 0.25) is 5.02 Å². The lowest BCUT2D eigenvalue weighted by Gasteiger charge is -2.14. The number of aryl methyl sites for hydroxylation is 3. The molecule has 0 saturated heterocycles. The molecule has 0 aliphatic rings. The van der Waals surface area contributed by atoms with E-state index in [-0.39, 0.29) is 12.4 Å². The highest BCUT2D eigenvalue weighted by molar-refractivity contribution is 6.31. The lowest BCUT2D eigenvalue weighted by molar-refractivity contribution is 0.168. The Balaban J connectivity index is 1.72. The van der Waals surface area contributed by atoms with E-state index in [1.54, 1.807) is 19.1 Å². The van der Waals surface area contributed by atoms with E-state index in [9.17, 15) is 4.79 Å². The molecule has 4 N–H and O–H groups in total. The van der Waals surface area contributed by atoms with Crippen molar-refractivity contribution in [3.8, 4) is 11.1 Å². The van der Waals surface area contributed by atoms with Crippen molar-refractivity contribution in [1.82, 2.24) is 4.98 Å². The van der Waals surface area contributed by atoms with Gasteiger partial charge in [0.1, 0.15) is 11.6 Å². The number of aromatic nitrogens is 1. The first-order valence-corrected chi connectivity index (χ1v) is 10.5. The van der Waals surface area contributed by atoms with E-state index in [2.05, 4.69) is 54.6 Å². The van der Waals surface area contributed by atoms with Crippen LogP contribution in [0.3, 0.4) is 0 Å². The maximum atomic E-state index is 11.5. The molecule has 0 unspecified atom stereocenters. The zero-order valence-corrected chi connectivity index (χ0v) is 18.9. The molecular formula is C24H27ClN4O2. The van der Waals surface area contributed by atoms with Crippen LogP contribution in [-0.4, -0.2) is 17.7 Å². The number of pyridine rings is 1. The smallest absolute Gasteiger partial charge is 0.411 e. The quantitative estimate of drug-likeness (QED) is 0.433. The number of benzene rings is 2. The lowest BCUT2D eigenvalue weighted by Crippen LogP contribution is -2.15. The third kappa shape index (κ3) is 5.47. The highest BCUT2D eigenvalue weighted by Gasteiger charge is 2.11. The molecule has 1 amide bonds. The predicted octanol–water partition coefficient (Wildman–Crippen LogP) is 6.09. The summed E-state index contributed by atoms with van der Waals surface area (Å²) in [5.74, 6) is 0.780. The first-order valence-electron chi connectivity index (χ1n) is 10.1. The Labute approximate surface area is 187 Å². The zero-order valence-electron chi connectivity index (χ0n) is 18.2. The molecule has 0 bridgehead atoms. The summed E-state index contributed by atoms with van der Waals surface area (Å²) in [6.45, 7) is 8.84. The van der Waals surface area contributed by atoms with Crippen molar-refractivity contribution < 1.29 is 9.53 Å². The lowest BCUT2D eigenvalue weighted by atomic mass is 9.93. The van der Waals surface area contributed by atoms with Gasteiger partial charge in [-0.15, -0.1) is 0 Å². The number of nitrogens with two attached hydrogens (primary N) is 1. The van der Waals surface area contributed by atoms with Gasteiger partial charge in [0.2, 0.25) is 0 Å². The molecule has 0 aliphatic heterocycles. The van der Waals surface area contributed by atoms with Gasteiger partial charge in [0.05, 0.1) is 12.3 Å². The zero-order chi connectivity index (χ0) is 22.5. The first-order chi connectivity index (χ1) is 14.8. The molecule has 7 heteroatoms. The van der Waals surface area contributed by atoms with Gasteiger partial charge in [0, 0.05) is 11.6 Å². The number of anilines is 3. The molecule has 1 aromatic heterocycles. The molecule has 0 spiro atoms. The summed E-state index contributed by atoms with van der Waals surface area (Å²) in [7, 11) is 0. The fourth-order valence-electron chi connectivity index (χ4n) is 3.62. The number of nitrogen functional groups attached to an aromatic ring is 1. The molecular weight excluding hydrogens is 412 g/mol. The van der Waals surface area contributed by atoms with Gasteiger partial charge in [-0.2, -0.15) is 0 Å². The van der Waals surface area contributed by atoms with Gasteiger partial charge in [-0.25, -0.2) is 9.78 Å². The van der Waals surface area contributed by atoms with Crippen molar-refractivity contribution >= 4 is 35.0 Å². The summed E-state index contributed by atoms with van der Waals surface area (Å²) in [6, 6.07) is 13.9. The average Bonchev–Trinajstić information content (AvgIpc) is 2.68. The maximum Gasteiger partial charge on any atom is 0.411 e. The van der Waals surface area contributed by atoms with Crippen LogP contribution in [0.25, 0.3) is 11.1 Å². The second kappa shape index (κ2) is 9.71. The Morgan fingerprint density at radius 2 is 1.81 bits per heavy atom. The number of nitrogens with zero attached hydrogens (tertiary/aromatic N) is 1. The Kier molecular flexibility index (Phi) is 7.02. The number of ether oxygens (including phenoxy) is 1. The second-order valence-corrected chi connectivity index (χ2v) is 7.82. The molecule has 2 aromatic carbocycles. The van der Waals surface area contributed by atoms with Gasteiger partial charge in [-0.3, -0.25) is 5.32 Å². The molecule has 0 fully saturated rings. The number of carbonyl (C=O) groups excluding carboxylic acids is 1. The molecule has 0 saturated carbocycles. The molecule has 31 heavy (non-hydrogen) atoms. The van der Waals surface area contributed by atoms with Gasteiger partial charge in [-0.05, 0) is 73.7 Å². The molecule has 3 rings (SSSR count). The van der Waals surface area contributed by atoms with Gasteiger partial charge in [-0.1, -0.05) is 41.4 Å². The minimum absolute atomic E-state index is 0.199. The van der Waals surface area contributed by atoms with Crippen LogP contribution < -0.4 is 16.4 Å². The van der Waals surface area contributed by atoms with E-state index in [1.165, 1.54) is 22.3 Å². The summed E-state index contributed by atoms with van der Waals surface area (Å²) in [6.07, 6.45) is -0.567. The molecule has 0 radical (unpaired) electrons. The van der Waals surface area contributed by atoms with Crippen LogP contribution in [0, 0.1) is 20.8 Å². The van der Waals surface area contributed by atoms with Crippen LogP contribution >= 0.6 is 11.6 Å². The highest BCUT2D eigenvalue weighted by Crippen LogP contribution is 2.32. The third-order valence-electron chi connectivity index (χ3n) is 4.92. The van der Waals surface area contributed by atoms with E-state index in [0.717, 1.165) is 11.1 Å². The summed E-state index contributed by atoms with van der Waals surface area (Å²) in [4.78, 5) is 15.8. The predicted molar refractivity (Wildman–Crippen MR) is 128 cm³/mol. The van der Waals surface area contributed by atoms with Gasteiger partial charge < -0.3 is 15.8 Å². The molecule has 3 aromatic rings. The Morgan fingerprint density at radius 1 is 1.10 bits per heavy atom. The number of hydrogen-bond acceptors (Lipinski definition) is 5. The first kappa shape index (κ1) is 22.4. The van der Waals surface area contributed by atoms with E-state index in [1.807, 2.05) is 12.1 Å². The van der Waals surface area contributed by atoms with E-state index in [0.29, 0.717) is 23.1 Å². The van der Waals surface area contributed by atoms with Crippen molar-refractivity contribution in [2.45, 2.75) is 34.2 Å². The number of carbonyl (C=O) groups is 1. The largest absolute Gasteiger partial charge is 0.450 e. The van der Waals surface area contributed by atoms with Crippen LogP contribution in [0.15, 0.2) is 42.5 Å². The van der Waals surface area contributed by atoms with Crippen molar-refractivity contribution in [1.29, 1.82) is 0 Å². The number of rotatable bonds is 6. The van der Waals surface area contributed by atoms with Gasteiger partial charge >= 0.3 is 6.09 Å². The Morgan fingerprint density at radius 3 is 2.42 bits per heavy atom. The van der Waals surface area contributed by atoms with E-state index >= 15 is 0 Å². The standard InChI is InChI=1S/C24H27ClN4O2/c1-5-31-24(30)28-20-8-9-21(29-23(20)26)27-13-18-7-6-17(12-19(18)25)22-15(3)10-14(2)11-16(22)4/h6-12H,5,13H2,1-4H3,(H,28,30)(H3,26,27,29). The normalized spacial score (nSPS) is 10.6. The summed E-state index contributed by atoms with van der Waals surface area (Å²) in [5, 5.41) is 6.45.